The molecule has 0 aliphatic rings. The van der Waals surface area contributed by atoms with Gasteiger partial charge in [-0.05, 0) is 56.5 Å². The molecule has 1 N–H and O–H groups in total. The molecule has 0 saturated carbocycles. The highest BCUT2D eigenvalue weighted by Gasteiger charge is 2.04. The van der Waals surface area contributed by atoms with Crippen molar-refractivity contribution in [1.29, 1.82) is 0 Å². The van der Waals surface area contributed by atoms with Gasteiger partial charge < -0.3 is 5.32 Å². The monoisotopic (exact) mass is 394 g/mol. The maximum absolute atomic E-state index is 5.98. The van der Waals surface area contributed by atoms with E-state index < -0.39 is 0 Å². The number of halogens is 3. The number of hydrogen-bond donors (Lipinski definition) is 1. The molecule has 0 spiro atoms. The van der Waals surface area contributed by atoms with Gasteiger partial charge in [0.05, 0.1) is 11.9 Å². The first-order valence-electron chi connectivity index (χ1n) is 4.86. The smallest absolute Gasteiger partial charge is 0.109 e. The Morgan fingerprint density at radius 1 is 1.41 bits per heavy atom. The molecular weight excluding hydrogens is 387 g/mol. The van der Waals surface area contributed by atoms with Crippen molar-refractivity contribution in [3.63, 3.8) is 0 Å². The molecule has 0 aliphatic carbocycles. The van der Waals surface area contributed by atoms with Gasteiger partial charge in [-0.1, -0.05) is 11.6 Å². The van der Waals surface area contributed by atoms with Crippen molar-refractivity contribution in [2.24, 2.45) is 0 Å². The second-order valence-electron chi connectivity index (χ2n) is 3.52. The van der Waals surface area contributed by atoms with Gasteiger partial charge in [0.1, 0.15) is 8.94 Å². The third kappa shape index (κ3) is 3.44. The Bertz CT molecular complexity index is 523. The predicted molar refractivity (Wildman–Crippen MR) is 81.0 cm³/mol. The standard InChI is InChI=1S/C11H9Br2ClN2S/c1-6-2-7(4-16-10(6)13)15-5-8-3-9(12)11(14)17-8/h2-4,15H,5H2,1H3. The van der Waals surface area contributed by atoms with Crippen LogP contribution in [0.3, 0.4) is 0 Å². The van der Waals surface area contributed by atoms with Crippen LogP contribution in [0.25, 0.3) is 0 Å². The quantitative estimate of drug-likeness (QED) is 0.718. The molecule has 0 fully saturated rings. The van der Waals surface area contributed by atoms with Crippen LogP contribution in [0.5, 0.6) is 0 Å². The van der Waals surface area contributed by atoms with Crippen molar-refractivity contribution in [3.05, 3.63) is 42.2 Å². The van der Waals surface area contributed by atoms with Crippen LogP contribution in [0.1, 0.15) is 10.4 Å². The van der Waals surface area contributed by atoms with Crippen LogP contribution in [-0.2, 0) is 6.54 Å². The van der Waals surface area contributed by atoms with Crippen LogP contribution in [0.4, 0.5) is 5.69 Å². The average Bonchev–Trinajstić information content (AvgIpc) is 2.60. The van der Waals surface area contributed by atoms with Crippen LogP contribution in [-0.4, -0.2) is 4.98 Å². The zero-order chi connectivity index (χ0) is 12.4. The lowest BCUT2D eigenvalue weighted by Crippen LogP contribution is -1.98. The number of thiophene rings is 1. The van der Waals surface area contributed by atoms with Crippen LogP contribution in [0, 0.1) is 6.92 Å². The lowest BCUT2D eigenvalue weighted by molar-refractivity contribution is 1.15. The van der Waals surface area contributed by atoms with Crippen LogP contribution >= 0.6 is 54.8 Å². The zero-order valence-corrected chi connectivity index (χ0v) is 13.7. The largest absolute Gasteiger partial charge is 0.379 e. The normalized spacial score (nSPS) is 10.6. The maximum Gasteiger partial charge on any atom is 0.109 e. The zero-order valence-electron chi connectivity index (χ0n) is 8.93. The summed E-state index contributed by atoms with van der Waals surface area (Å²) in [7, 11) is 0. The minimum absolute atomic E-state index is 0.749. The molecule has 2 rings (SSSR count). The van der Waals surface area contributed by atoms with E-state index >= 15 is 0 Å². The highest BCUT2D eigenvalue weighted by atomic mass is 79.9. The summed E-state index contributed by atoms with van der Waals surface area (Å²) < 4.78 is 2.61. The minimum Gasteiger partial charge on any atom is -0.379 e. The van der Waals surface area contributed by atoms with Gasteiger partial charge in [-0.25, -0.2) is 4.98 Å². The van der Waals surface area contributed by atoms with Gasteiger partial charge in [0.25, 0.3) is 0 Å². The van der Waals surface area contributed by atoms with Crippen molar-refractivity contribution in [2.75, 3.05) is 5.32 Å². The highest BCUT2D eigenvalue weighted by molar-refractivity contribution is 9.10. The molecule has 0 radical (unpaired) electrons. The Balaban J connectivity index is 2.04. The summed E-state index contributed by atoms with van der Waals surface area (Å²) in [5, 5.41) is 3.32. The van der Waals surface area contributed by atoms with E-state index in [0.717, 1.165) is 31.2 Å². The van der Waals surface area contributed by atoms with Crippen molar-refractivity contribution < 1.29 is 0 Å². The number of nitrogens with one attached hydrogen (secondary N) is 1. The van der Waals surface area contributed by atoms with E-state index in [0.29, 0.717) is 0 Å². The van der Waals surface area contributed by atoms with Gasteiger partial charge in [-0.15, -0.1) is 11.3 Å². The maximum atomic E-state index is 5.98. The third-order valence-corrected chi connectivity index (χ3v) is 5.48. The Kier molecular flexibility index (Phi) is 4.47. The molecule has 0 amide bonds. The summed E-state index contributed by atoms with van der Waals surface area (Å²) in [6, 6.07) is 4.08. The average molecular weight is 397 g/mol. The summed E-state index contributed by atoms with van der Waals surface area (Å²) in [6.07, 6.45) is 1.81. The summed E-state index contributed by atoms with van der Waals surface area (Å²) in [5.74, 6) is 0. The van der Waals surface area contributed by atoms with E-state index in [1.807, 2.05) is 13.0 Å². The summed E-state index contributed by atoms with van der Waals surface area (Å²) >= 11 is 14.3. The van der Waals surface area contributed by atoms with E-state index in [4.69, 9.17) is 11.6 Å². The first-order chi connectivity index (χ1) is 8.06. The number of nitrogens with zero attached hydrogens (tertiary/aromatic N) is 1. The molecule has 6 heteroatoms. The summed E-state index contributed by atoms with van der Waals surface area (Å²) in [6.45, 7) is 2.76. The second kappa shape index (κ2) is 5.69. The Hall–Kier alpha value is -0.100. The van der Waals surface area contributed by atoms with Crippen molar-refractivity contribution in [2.45, 2.75) is 13.5 Å². The van der Waals surface area contributed by atoms with Crippen LogP contribution in [0.15, 0.2) is 27.4 Å². The fraction of sp³-hybridized carbons (Fsp3) is 0.182. The second-order valence-corrected chi connectivity index (χ2v) is 6.86. The molecule has 2 heterocycles. The van der Waals surface area contributed by atoms with E-state index in [-0.39, 0.29) is 0 Å². The first-order valence-corrected chi connectivity index (χ1v) is 7.64. The lowest BCUT2D eigenvalue weighted by atomic mass is 10.3. The first kappa shape index (κ1) is 13.3. The molecule has 0 unspecified atom stereocenters. The van der Waals surface area contributed by atoms with Crippen molar-refractivity contribution in [3.8, 4) is 0 Å². The predicted octanol–water partition coefficient (Wildman–Crippen LogP) is 5.24. The molecule has 0 aromatic carbocycles. The molecule has 0 atom stereocenters. The molecule has 0 aliphatic heterocycles. The van der Waals surface area contributed by atoms with Gasteiger partial charge in [-0.2, -0.15) is 0 Å². The van der Waals surface area contributed by atoms with Gasteiger partial charge in [0, 0.05) is 15.9 Å². The molecular formula is C11H9Br2ClN2S. The fourth-order valence-electron chi connectivity index (χ4n) is 1.32. The summed E-state index contributed by atoms with van der Waals surface area (Å²) in [5.41, 5.74) is 2.12. The summed E-state index contributed by atoms with van der Waals surface area (Å²) in [4.78, 5) is 5.42. The van der Waals surface area contributed by atoms with E-state index in [1.54, 1.807) is 17.5 Å². The molecule has 0 bridgehead atoms. The van der Waals surface area contributed by atoms with Gasteiger partial charge >= 0.3 is 0 Å². The van der Waals surface area contributed by atoms with Crippen LogP contribution < -0.4 is 5.32 Å². The Labute approximate surface area is 126 Å². The fourth-order valence-corrected chi connectivity index (χ4v) is 3.27. The Morgan fingerprint density at radius 3 is 2.76 bits per heavy atom. The van der Waals surface area contributed by atoms with Gasteiger partial charge in [0.15, 0.2) is 0 Å². The van der Waals surface area contributed by atoms with Gasteiger partial charge in [-0.3, -0.25) is 0 Å². The Morgan fingerprint density at radius 2 is 2.18 bits per heavy atom. The highest BCUT2D eigenvalue weighted by Crippen LogP contribution is 2.32. The molecule has 2 aromatic heterocycles. The number of hydrogen-bond acceptors (Lipinski definition) is 3. The number of aromatic nitrogens is 1. The number of pyridine rings is 1. The number of rotatable bonds is 3. The number of aryl methyl sites for hydroxylation is 1. The molecule has 0 saturated heterocycles. The van der Waals surface area contributed by atoms with Gasteiger partial charge in [0.2, 0.25) is 0 Å². The SMILES string of the molecule is Cc1cc(NCc2cc(Br)c(Cl)s2)cnc1Br. The topological polar surface area (TPSA) is 24.9 Å². The lowest BCUT2D eigenvalue weighted by Gasteiger charge is -2.05. The minimum atomic E-state index is 0.749. The van der Waals surface area contributed by atoms with Crippen LogP contribution in [0.2, 0.25) is 4.34 Å². The van der Waals surface area contributed by atoms with Crippen molar-refractivity contribution >= 4 is 60.5 Å². The molecule has 17 heavy (non-hydrogen) atoms. The molecule has 2 nitrogen and oxygen atoms in total. The van der Waals surface area contributed by atoms with Crippen molar-refractivity contribution in [1.82, 2.24) is 4.98 Å². The van der Waals surface area contributed by atoms with E-state index in [9.17, 15) is 0 Å². The number of anilines is 1. The molecule has 90 valence electrons. The van der Waals surface area contributed by atoms with E-state index in [1.165, 1.54) is 4.88 Å². The molecule has 2 aromatic rings. The van der Waals surface area contributed by atoms with E-state index in [2.05, 4.69) is 48.2 Å². The third-order valence-electron chi connectivity index (χ3n) is 2.18.